The van der Waals surface area contributed by atoms with Crippen molar-refractivity contribution in [3.05, 3.63) is 0 Å². The summed E-state index contributed by atoms with van der Waals surface area (Å²) in [4.78, 5) is 20.1. The molecule has 0 aromatic rings. The molecule has 0 aromatic carbocycles. The van der Waals surface area contributed by atoms with Crippen molar-refractivity contribution in [3.63, 3.8) is 0 Å². The highest BCUT2D eigenvalue weighted by Gasteiger charge is 2.06. The predicted octanol–water partition coefficient (Wildman–Crippen LogP) is 1.38. The van der Waals surface area contributed by atoms with Crippen LogP contribution in [-0.2, 0) is 14.5 Å². The lowest BCUT2D eigenvalue weighted by atomic mass is 10.1. The number of carbonyl (C=O) groups is 1. The van der Waals surface area contributed by atoms with Crippen molar-refractivity contribution < 1.29 is 14.5 Å². The molecule has 0 spiro atoms. The minimum atomic E-state index is 0.0472. The Balaban J connectivity index is 4.30. The van der Waals surface area contributed by atoms with Crippen LogP contribution in [0.2, 0.25) is 0 Å². The van der Waals surface area contributed by atoms with Gasteiger partial charge in [-0.05, 0) is 13.8 Å². The molecule has 5 heteroatoms. The zero-order valence-electron chi connectivity index (χ0n) is 9.03. The zero-order valence-corrected chi connectivity index (χ0v) is 9.03. The number of nitrogens with zero attached hydrogens (tertiary/aromatic N) is 2. The van der Waals surface area contributed by atoms with E-state index in [4.69, 9.17) is 0 Å². The third-order valence-corrected chi connectivity index (χ3v) is 1.38. The molecule has 0 fully saturated rings. The Morgan fingerprint density at radius 3 is 2.07 bits per heavy atom. The highest BCUT2D eigenvalue weighted by Crippen LogP contribution is 1.98. The van der Waals surface area contributed by atoms with Crippen LogP contribution in [0.4, 0.5) is 0 Å². The predicted molar refractivity (Wildman–Crippen MR) is 54.5 cm³/mol. The fourth-order valence-corrected chi connectivity index (χ4v) is 1.03. The van der Waals surface area contributed by atoms with Crippen LogP contribution in [0.1, 0.15) is 26.7 Å². The number of hydrogen-bond acceptors (Lipinski definition) is 5. The highest BCUT2D eigenvalue weighted by atomic mass is 16.6. The van der Waals surface area contributed by atoms with Crippen molar-refractivity contribution in [2.75, 3.05) is 14.2 Å². The quantitative estimate of drug-likeness (QED) is 0.480. The molecule has 80 valence electrons. The first kappa shape index (κ1) is 12.6. The van der Waals surface area contributed by atoms with Gasteiger partial charge in [0.05, 0.1) is 11.4 Å². The topological polar surface area (TPSA) is 60.2 Å². The molecule has 0 aliphatic rings. The summed E-state index contributed by atoms with van der Waals surface area (Å²) < 4.78 is 0. The molecule has 0 aromatic heterocycles. The average Bonchev–Trinajstić information content (AvgIpc) is 2.03. The largest absolute Gasteiger partial charge is 0.399 e. The van der Waals surface area contributed by atoms with Crippen molar-refractivity contribution in [1.82, 2.24) is 0 Å². The molecular weight excluding hydrogens is 184 g/mol. The van der Waals surface area contributed by atoms with Crippen LogP contribution in [0.3, 0.4) is 0 Å². The number of rotatable bonds is 6. The Bertz CT molecular complexity index is 246. The third kappa shape index (κ3) is 6.16. The summed E-state index contributed by atoms with van der Waals surface area (Å²) in [5.74, 6) is 0.0472. The van der Waals surface area contributed by atoms with E-state index in [1.165, 1.54) is 21.1 Å². The van der Waals surface area contributed by atoms with Crippen LogP contribution in [0.15, 0.2) is 10.3 Å². The van der Waals surface area contributed by atoms with Crippen LogP contribution in [-0.4, -0.2) is 31.4 Å². The molecule has 14 heavy (non-hydrogen) atoms. The number of carbonyl (C=O) groups excluding carboxylic acids is 1. The maximum atomic E-state index is 10.9. The highest BCUT2D eigenvalue weighted by molar-refractivity contribution is 6.09. The van der Waals surface area contributed by atoms with E-state index in [1.54, 1.807) is 6.92 Å². The van der Waals surface area contributed by atoms with Crippen LogP contribution < -0.4 is 0 Å². The van der Waals surface area contributed by atoms with Gasteiger partial charge in [0.2, 0.25) is 0 Å². The molecule has 0 amide bonds. The molecule has 0 saturated heterocycles. The summed E-state index contributed by atoms with van der Waals surface area (Å²) in [5.41, 5.74) is 1.41. The fourth-order valence-electron chi connectivity index (χ4n) is 1.03. The number of oxime groups is 2. The van der Waals surface area contributed by atoms with Gasteiger partial charge < -0.3 is 9.68 Å². The first-order chi connectivity index (χ1) is 6.60. The Morgan fingerprint density at radius 2 is 1.64 bits per heavy atom. The molecule has 0 atom stereocenters. The van der Waals surface area contributed by atoms with Crippen LogP contribution in [0, 0.1) is 0 Å². The van der Waals surface area contributed by atoms with Gasteiger partial charge in [0, 0.05) is 12.8 Å². The fraction of sp³-hybridized carbons (Fsp3) is 0.667. The summed E-state index contributed by atoms with van der Waals surface area (Å²) in [7, 11) is 2.92. The molecule has 0 aliphatic carbocycles. The Morgan fingerprint density at radius 1 is 1.07 bits per heavy atom. The molecule has 0 bridgehead atoms. The molecule has 0 aliphatic heterocycles. The van der Waals surface area contributed by atoms with Crippen molar-refractivity contribution >= 4 is 17.2 Å². The summed E-state index contributed by atoms with van der Waals surface area (Å²) >= 11 is 0. The zero-order chi connectivity index (χ0) is 11.0. The summed E-state index contributed by atoms with van der Waals surface area (Å²) in [5, 5.41) is 7.47. The van der Waals surface area contributed by atoms with E-state index < -0.39 is 0 Å². The van der Waals surface area contributed by atoms with E-state index in [9.17, 15) is 4.79 Å². The Kier molecular flexibility index (Phi) is 6.36. The minimum Gasteiger partial charge on any atom is -0.399 e. The SMILES string of the molecule is CON=C(C)CC(CC(C)=O)=NOC. The molecular formula is C9H16N2O3. The first-order valence-electron chi connectivity index (χ1n) is 4.25. The van der Waals surface area contributed by atoms with Gasteiger partial charge in [-0.15, -0.1) is 0 Å². The lowest BCUT2D eigenvalue weighted by Crippen LogP contribution is -2.10. The average molecular weight is 200 g/mol. The summed E-state index contributed by atoms with van der Waals surface area (Å²) in [6.45, 7) is 3.31. The van der Waals surface area contributed by atoms with Crippen molar-refractivity contribution in [1.29, 1.82) is 0 Å². The maximum Gasteiger partial charge on any atom is 0.135 e. The van der Waals surface area contributed by atoms with Gasteiger partial charge in [-0.1, -0.05) is 10.3 Å². The van der Waals surface area contributed by atoms with E-state index in [2.05, 4.69) is 20.0 Å². The molecule has 0 N–H and O–H groups in total. The Labute approximate surface area is 83.7 Å². The molecule has 0 heterocycles. The molecule has 0 unspecified atom stereocenters. The Hall–Kier alpha value is -1.39. The monoisotopic (exact) mass is 200 g/mol. The van der Waals surface area contributed by atoms with Crippen LogP contribution in [0.5, 0.6) is 0 Å². The minimum absolute atomic E-state index is 0.0472. The standard InChI is InChI=1S/C9H16N2O3/c1-7(10-13-3)5-9(11-14-4)6-8(2)12/h5-6H2,1-4H3. The lowest BCUT2D eigenvalue weighted by molar-refractivity contribution is -0.115. The number of ketones is 1. The molecule has 0 radical (unpaired) electrons. The van der Waals surface area contributed by atoms with Gasteiger partial charge in [0.25, 0.3) is 0 Å². The van der Waals surface area contributed by atoms with Crippen LogP contribution >= 0.6 is 0 Å². The van der Waals surface area contributed by atoms with Crippen molar-refractivity contribution in [2.45, 2.75) is 26.7 Å². The molecule has 0 saturated carbocycles. The normalized spacial score (nSPS) is 12.6. The summed E-state index contributed by atoms with van der Waals surface area (Å²) in [6, 6.07) is 0. The van der Waals surface area contributed by atoms with Gasteiger partial charge in [-0.25, -0.2) is 0 Å². The van der Waals surface area contributed by atoms with Crippen molar-refractivity contribution in [3.8, 4) is 0 Å². The van der Waals surface area contributed by atoms with Crippen LogP contribution in [0.25, 0.3) is 0 Å². The van der Waals surface area contributed by atoms with E-state index in [0.29, 0.717) is 12.1 Å². The second-order valence-electron chi connectivity index (χ2n) is 2.90. The van der Waals surface area contributed by atoms with E-state index in [1.807, 2.05) is 0 Å². The first-order valence-corrected chi connectivity index (χ1v) is 4.25. The van der Waals surface area contributed by atoms with E-state index in [0.717, 1.165) is 5.71 Å². The van der Waals surface area contributed by atoms with Gasteiger partial charge in [0.15, 0.2) is 0 Å². The van der Waals surface area contributed by atoms with E-state index >= 15 is 0 Å². The smallest absolute Gasteiger partial charge is 0.135 e. The van der Waals surface area contributed by atoms with Gasteiger partial charge >= 0.3 is 0 Å². The summed E-state index contributed by atoms with van der Waals surface area (Å²) in [6.07, 6.45) is 0.770. The maximum absolute atomic E-state index is 10.9. The number of hydrogen-bond donors (Lipinski definition) is 0. The molecule has 0 rings (SSSR count). The number of Topliss-reactive ketones (excluding diaryl/α,β-unsaturated/α-hetero) is 1. The second kappa shape index (κ2) is 7.06. The van der Waals surface area contributed by atoms with E-state index in [-0.39, 0.29) is 12.2 Å². The van der Waals surface area contributed by atoms with Crippen molar-refractivity contribution in [2.24, 2.45) is 10.3 Å². The van der Waals surface area contributed by atoms with Gasteiger partial charge in [-0.3, -0.25) is 4.79 Å². The van der Waals surface area contributed by atoms with Gasteiger partial charge in [0.1, 0.15) is 20.0 Å². The lowest BCUT2D eigenvalue weighted by Gasteiger charge is -2.02. The third-order valence-electron chi connectivity index (χ3n) is 1.38. The molecule has 5 nitrogen and oxygen atoms in total. The second-order valence-corrected chi connectivity index (χ2v) is 2.90. The van der Waals surface area contributed by atoms with Gasteiger partial charge in [-0.2, -0.15) is 0 Å².